The van der Waals surface area contributed by atoms with Crippen LogP contribution >= 0.6 is 30.3 Å². The molecular weight excluding hydrogens is 420 g/mol. The van der Waals surface area contributed by atoms with Gasteiger partial charge in [-0.1, -0.05) is 6.08 Å². The molecule has 0 fully saturated rings. The molecular formula is C14H9FIN3O2S. The Morgan fingerprint density at radius 3 is 2.77 bits per heavy atom. The van der Waals surface area contributed by atoms with Crippen molar-refractivity contribution in [3.63, 3.8) is 0 Å². The van der Waals surface area contributed by atoms with Crippen LogP contribution in [0.25, 0.3) is 10.9 Å². The van der Waals surface area contributed by atoms with Crippen LogP contribution in [0.4, 0.5) is 10.1 Å². The Balaban J connectivity index is 2.70. The number of benzene rings is 1. The van der Waals surface area contributed by atoms with Crippen molar-refractivity contribution in [1.29, 1.82) is 5.26 Å². The van der Waals surface area contributed by atoms with Crippen molar-refractivity contribution in [3.05, 3.63) is 41.4 Å². The van der Waals surface area contributed by atoms with E-state index in [1.54, 1.807) is 10.9 Å². The fraction of sp³-hybridized carbons (Fsp3) is 0.0714. The number of fused-ring (bicyclic) bond motifs is 1. The molecule has 0 atom stereocenters. The largest absolute Gasteiger partial charge is 0.326 e. The molecule has 112 valence electrons. The number of carbonyl (C=O) groups excluding carboxylic acids is 2. The summed E-state index contributed by atoms with van der Waals surface area (Å²) in [6, 6.07) is 6.05. The SMILES string of the molecule is C/C=C(\C#N)C(=O)c1cc2cc(F)c(NC=O)cc2n1SI. The first-order chi connectivity index (χ1) is 10.6. The Morgan fingerprint density at radius 2 is 2.23 bits per heavy atom. The summed E-state index contributed by atoms with van der Waals surface area (Å²) < 4.78 is 15.4. The quantitative estimate of drug-likeness (QED) is 0.258. The molecule has 1 heterocycles. The van der Waals surface area contributed by atoms with Gasteiger partial charge in [-0.3, -0.25) is 13.6 Å². The summed E-state index contributed by atoms with van der Waals surface area (Å²) in [4.78, 5) is 22.9. The van der Waals surface area contributed by atoms with E-state index in [0.29, 0.717) is 17.3 Å². The summed E-state index contributed by atoms with van der Waals surface area (Å²) in [5, 5.41) is 11.8. The van der Waals surface area contributed by atoms with Crippen molar-refractivity contribution in [2.75, 3.05) is 5.32 Å². The van der Waals surface area contributed by atoms with Crippen molar-refractivity contribution in [2.45, 2.75) is 6.92 Å². The van der Waals surface area contributed by atoms with Crippen LogP contribution in [0.3, 0.4) is 0 Å². The number of anilines is 1. The molecule has 0 aliphatic carbocycles. The number of aromatic nitrogens is 1. The fourth-order valence-electron chi connectivity index (χ4n) is 1.99. The molecule has 0 saturated heterocycles. The van der Waals surface area contributed by atoms with Crippen LogP contribution in [0.2, 0.25) is 0 Å². The minimum Gasteiger partial charge on any atom is -0.326 e. The van der Waals surface area contributed by atoms with Gasteiger partial charge in [0.2, 0.25) is 12.2 Å². The second kappa shape index (κ2) is 6.93. The zero-order valence-corrected chi connectivity index (χ0v) is 14.2. The summed E-state index contributed by atoms with van der Waals surface area (Å²) >= 11 is 1.99. The molecule has 0 radical (unpaired) electrons. The minimum atomic E-state index is -0.597. The molecule has 1 amide bonds. The smallest absolute Gasteiger partial charge is 0.220 e. The highest BCUT2D eigenvalue weighted by atomic mass is 127. The van der Waals surface area contributed by atoms with Gasteiger partial charge in [-0.25, -0.2) is 4.39 Å². The molecule has 8 heteroatoms. The van der Waals surface area contributed by atoms with Crippen LogP contribution < -0.4 is 5.32 Å². The highest BCUT2D eigenvalue weighted by Gasteiger charge is 2.20. The molecule has 22 heavy (non-hydrogen) atoms. The number of nitriles is 1. The summed E-state index contributed by atoms with van der Waals surface area (Å²) in [5.41, 5.74) is 0.882. The van der Waals surface area contributed by atoms with E-state index in [1.165, 1.54) is 33.4 Å². The number of hydrogen-bond donors (Lipinski definition) is 1. The third-order valence-corrected chi connectivity index (χ3v) is 4.73. The van der Waals surface area contributed by atoms with Gasteiger partial charge in [-0.2, -0.15) is 5.26 Å². The monoisotopic (exact) mass is 429 g/mol. The second-order valence-corrected chi connectivity index (χ2v) is 5.87. The van der Waals surface area contributed by atoms with Gasteiger partial charge in [0.05, 0.1) is 16.8 Å². The number of ketones is 1. The third kappa shape index (κ3) is 2.86. The molecule has 2 rings (SSSR count). The highest BCUT2D eigenvalue weighted by molar-refractivity contribution is 14.2. The standard InChI is InChI=1S/C14H9FIN3O2S/c1-2-8(6-17)14(21)13-4-9-3-10(15)11(18-7-20)5-12(9)19(13)22-16/h2-5,7H,1H3,(H,18,20)/b8-2+. The lowest BCUT2D eigenvalue weighted by atomic mass is 10.1. The zero-order valence-electron chi connectivity index (χ0n) is 11.3. The summed E-state index contributed by atoms with van der Waals surface area (Å²) in [6.07, 6.45) is 1.82. The van der Waals surface area contributed by atoms with Gasteiger partial charge in [-0.05, 0) is 25.1 Å². The number of nitrogens with one attached hydrogen (secondary N) is 1. The minimum absolute atomic E-state index is 0.0150. The van der Waals surface area contributed by atoms with E-state index in [9.17, 15) is 14.0 Å². The van der Waals surface area contributed by atoms with Crippen LogP contribution in [-0.4, -0.2) is 16.2 Å². The molecule has 5 nitrogen and oxygen atoms in total. The number of Topliss-reactive ketones (excluding diaryl/α,β-unsaturated/α-hetero) is 1. The normalized spacial score (nSPS) is 11.3. The average Bonchev–Trinajstić information content (AvgIpc) is 2.86. The molecule has 0 bridgehead atoms. The van der Waals surface area contributed by atoms with E-state index in [0.717, 1.165) is 0 Å². The predicted octanol–water partition coefficient (Wildman–Crippen LogP) is 3.85. The van der Waals surface area contributed by atoms with E-state index in [4.69, 9.17) is 5.26 Å². The van der Waals surface area contributed by atoms with Crippen molar-refractivity contribution in [1.82, 2.24) is 3.97 Å². The number of nitrogens with zero attached hydrogens (tertiary/aromatic N) is 2. The van der Waals surface area contributed by atoms with E-state index < -0.39 is 11.6 Å². The predicted molar refractivity (Wildman–Crippen MR) is 92.3 cm³/mol. The molecule has 2 aromatic rings. The van der Waals surface area contributed by atoms with Gasteiger partial charge in [0, 0.05) is 35.7 Å². The molecule has 1 N–H and O–H groups in total. The zero-order chi connectivity index (χ0) is 16.3. The maximum atomic E-state index is 13.9. The fourth-order valence-corrected chi connectivity index (χ4v) is 3.71. The van der Waals surface area contributed by atoms with Crippen LogP contribution in [-0.2, 0) is 4.79 Å². The lowest BCUT2D eigenvalue weighted by Crippen LogP contribution is -2.06. The number of halogens is 2. The Morgan fingerprint density at radius 1 is 1.50 bits per heavy atom. The lowest BCUT2D eigenvalue weighted by Gasteiger charge is -2.06. The van der Waals surface area contributed by atoms with Gasteiger partial charge in [0.15, 0.2) is 0 Å². The van der Waals surface area contributed by atoms with E-state index in [1.807, 2.05) is 27.3 Å². The van der Waals surface area contributed by atoms with Crippen LogP contribution in [0, 0.1) is 17.1 Å². The van der Waals surface area contributed by atoms with E-state index in [-0.39, 0.29) is 17.0 Å². The van der Waals surface area contributed by atoms with E-state index >= 15 is 0 Å². The number of amides is 1. The molecule has 0 spiro atoms. The maximum Gasteiger partial charge on any atom is 0.220 e. The molecule has 1 aromatic heterocycles. The Kier molecular flexibility index (Phi) is 5.20. The number of carbonyl (C=O) groups is 2. The van der Waals surface area contributed by atoms with Crippen molar-refractivity contribution < 1.29 is 14.0 Å². The second-order valence-electron chi connectivity index (χ2n) is 4.19. The Hall–Kier alpha value is -1.86. The van der Waals surface area contributed by atoms with E-state index in [2.05, 4.69) is 5.32 Å². The topological polar surface area (TPSA) is 74.9 Å². The first kappa shape index (κ1) is 16.5. The Bertz CT molecular complexity index is 839. The summed E-state index contributed by atoms with van der Waals surface area (Å²) in [5.74, 6) is -1.03. The molecule has 1 aromatic carbocycles. The first-order valence-electron chi connectivity index (χ1n) is 6.02. The summed E-state index contributed by atoms with van der Waals surface area (Å²) in [6.45, 7) is 1.60. The number of allylic oxidation sites excluding steroid dienone is 2. The molecule has 0 aliphatic heterocycles. The Labute approximate surface area is 141 Å². The van der Waals surface area contributed by atoms with Crippen molar-refractivity contribution in [3.8, 4) is 6.07 Å². The van der Waals surface area contributed by atoms with Gasteiger partial charge >= 0.3 is 0 Å². The van der Waals surface area contributed by atoms with Crippen molar-refractivity contribution >= 4 is 59.1 Å². The lowest BCUT2D eigenvalue weighted by molar-refractivity contribution is -0.105. The first-order valence-corrected chi connectivity index (χ1v) is 9.34. The number of hydrogen-bond acceptors (Lipinski definition) is 4. The molecule has 0 unspecified atom stereocenters. The molecule has 0 saturated carbocycles. The van der Waals surface area contributed by atoms with Gasteiger partial charge < -0.3 is 5.32 Å². The van der Waals surface area contributed by atoms with Gasteiger partial charge in [0.25, 0.3) is 0 Å². The van der Waals surface area contributed by atoms with Crippen LogP contribution in [0.15, 0.2) is 29.8 Å². The van der Waals surface area contributed by atoms with Crippen molar-refractivity contribution in [2.24, 2.45) is 0 Å². The highest BCUT2D eigenvalue weighted by Crippen LogP contribution is 2.32. The van der Waals surface area contributed by atoms with Crippen LogP contribution in [0.5, 0.6) is 0 Å². The van der Waals surface area contributed by atoms with Gasteiger partial charge in [-0.15, -0.1) is 0 Å². The molecule has 0 aliphatic rings. The maximum absolute atomic E-state index is 13.9. The summed E-state index contributed by atoms with van der Waals surface area (Å²) in [7, 11) is 1.22. The average molecular weight is 429 g/mol. The van der Waals surface area contributed by atoms with Crippen LogP contribution in [0.1, 0.15) is 17.4 Å². The number of rotatable bonds is 5. The third-order valence-electron chi connectivity index (χ3n) is 3.02. The van der Waals surface area contributed by atoms with Gasteiger partial charge in [0.1, 0.15) is 17.6 Å².